The molecule has 38 heavy (non-hydrogen) atoms. The number of imide groups is 1. The van der Waals surface area contributed by atoms with Gasteiger partial charge in [0.2, 0.25) is 0 Å². The van der Waals surface area contributed by atoms with Crippen LogP contribution in [0.2, 0.25) is 0 Å². The van der Waals surface area contributed by atoms with Crippen molar-refractivity contribution in [3.63, 3.8) is 0 Å². The Morgan fingerprint density at radius 2 is 1.42 bits per heavy atom. The van der Waals surface area contributed by atoms with Crippen molar-refractivity contribution < 1.29 is 19.1 Å². The number of benzene rings is 4. The summed E-state index contributed by atoms with van der Waals surface area (Å²) in [6.07, 6.45) is 0. The fraction of sp³-hybridized carbons (Fsp3) is 0.0333. The van der Waals surface area contributed by atoms with Crippen LogP contribution in [0.25, 0.3) is 0 Å². The van der Waals surface area contributed by atoms with Gasteiger partial charge in [0.25, 0.3) is 17.7 Å². The average Bonchev–Trinajstić information content (AvgIpc) is 3.16. The summed E-state index contributed by atoms with van der Waals surface area (Å²) >= 11 is 6.29. The lowest BCUT2D eigenvalue weighted by molar-refractivity contribution is -0.120. The first-order valence-corrected chi connectivity index (χ1v) is 12.1. The Labute approximate surface area is 224 Å². The molecule has 7 nitrogen and oxygen atoms in total. The van der Waals surface area contributed by atoms with E-state index in [-0.39, 0.29) is 16.6 Å². The van der Waals surface area contributed by atoms with Gasteiger partial charge in [0.05, 0.1) is 5.69 Å². The predicted molar refractivity (Wildman–Crippen MR) is 148 cm³/mol. The second kappa shape index (κ2) is 10.6. The van der Waals surface area contributed by atoms with Crippen LogP contribution in [0.1, 0.15) is 10.4 Å². The van der Waals surface area contributed by atoms with Gasteiger partial charge in [-0.05, 0) is 66.7 Å². The number of hydrogen-bond acceptors (Lipinski definition) is 5. The third-order valence-corrected chi connectivity index (χ3v) is 6.28. The molecule has 0 spiro atoms. The van der Waals surface area contributed by atoms with E-state index < -0.39 is 11.8 Å². The van der Waals surface area contributed by atoms with Crippen LogP contribution >= 0.6 is 11.6 Å². The van der Waals surface area contributed by atoms with Crippen molar-refractivity contribution in [1.29, 1.82) is 0 Å². The maximum atomic E-state index is 13.2. The Bertz CT molecular complexity index is 1540. The molecular weight excluding hydrogens is 502 g/mol. The highest BCUT2D eigenvalue weighted by Gasteiger charge is 2.39. The minimum absolute atomic E-state index is 0.0673. The Balaban J connectivity index is 1.31. The smallest absolute Gasteiger partial charge is 0.283 e. The maximum absolute atomic E-state index is 13.2. The largest absolute Gasteiger partial charge is 0.457 e. The van der Waals surface area contributed by atoms with Crippen molar-refractivity contribution in [2.45, 2.75) is 0 Å². The number of ether oxygens (including phenoxy) is 1. The van der Waals surface area contributed by atoms with E-state index >= 15 is 0 Å². The van der Waals surface area contributed by atoms with Gasteiger partial charge in [-0.25, -0.2) is 4.90 Å². The highest BCUT2D eigenvalue weighted by molar-refractivity contribution is 6.53. The molecule has 0 unspecified atom stereocenters. The summed E-state index contributed by atoms with van der Waals surface area (Å²) in [4.78, 5) is 41.7. The highest BCUT2D eigenvalue weighted by atomic mass is 35.5. The third kappa shape index (κ3) is 5.00. The maximum Gasteiger partial charge on any atom is 0.283 e. The number of nitrogens with one attached hydrogen (secondary N) is 1. The van der Waals surface area contributed by atoms with Crippen LogP contribution < -0.4 is 19.9 Å². The van der Waals surface area contributed by atoms with Crippen molar-refractivity contribution in [2.75, 3.05) is 22.2 Å². The van der Waals surface area contributed by atoms with Gasteiger partial charge >= 0.3 is 0 Å². The Hall–Kier alpha value is -4.88. The molecule has 1 aliphatic rings. The Kier molecular flexibility index (Phi) is 6.93. The summed E-state index contributed by atoms with van der Waals surface area (Å²) in [5.74, 6) is -0.256. The van der Waals surface area contributed by atoms with E-state index in [0.717, 1.165) is 10.6 Å². The lowest BCUT2D eigenvalue weighted by Crippen LogP contribution is -2.32. The second-order valence-corrected chi connectivity index (χ2v) is 8.83. The van der Waals surface area contributed by atoms with E-state index in [1.54, 1.807) is 55.6 Å². The summed E-state index contributed by atoms with van der Waals surface area (Å²) in [6, 6.07) is 31.7. The fourth-order valence-corrected chi connectivity index (χ4v) is 4.18. The molecular formula is C30H22ClN3O4. The predicted octanol–water partition coefficient (Wildman–Crippen LogP) is 6.19. The molecule has 0 fully saturated rings. The standard InChI is InChI=1S/C30H22ClN3O4/c1-33(22-11-4-2-5-12-22)28(35)20-9-8-10-21(19-20)32-27-26(31)29(36)34(30(27)37)23-15-17-25(18-16-23)38-24-13-6-3-7-14-24/h2-19,32H,1H3. The molecule has 4 aromatic rings. The molecule has 0 saturated carbocycles. The molecule has 5 rings (SSSR count). The van der Waals surface area contributed by atoms with Crippen LogP contribution in [0.5, 0.6) is 11.5 Å². The van der Waals surface area contributed by atoms with Crippen LogP contribution in [0.15, 0.2) is 120 Å². The molecule has 0 saturated heterocycles. The Morgan fingerprint density at radius 1 is 0.789 bits per heavy atom. The molecule has 0 aromatic heterocycles. The molecule has 4 aromatic carbocycles. The van der Waals surface area contributed by atoms with Gasteiger partial charge in [0.1, 0.15) is 22.2 Å². The van der Waals surface area contributed by atoms with Gasteiger partial charge in [-0.15, -0.1) is 0 Å². The number of nitrogens with zero attached hydrogens (tertiary/aromatic N) is 2. The van der Waals surface area contributed by atoms with E-state index in [1.807, 2.05) is 60.7 Å². The van der Waals surface area contributed by atoms with Crippen LogP contribution in [0, 0.1) is 0 Å². The molecule has 8 heteroatoms. The van der Waals surface area contributed by atoms with Crippen molar-refractivity contribution in [1.82, 2.24) is 0 Å². The first-order chi connectivity index (χ1) is 18.4. The number of hydrogen-bond donors (Lipinski definition) is 1. The fourth-order valence-electron chi connectivity index (χ4n) is 3.97. The Morgan fingerprint density at radius 3 is 2.11 bits per heavy atom. The SMILES string of the molecule is CN(C(=O)c1cccc(NC2=C(Cl)C(=O)N(c3ccc(Oc4ccccc4)cc3)C2=O)c1)c1ccccc1. The molecule has 0 bridgehead atoms. The molecule has 0 aliphatic carbocycles. The number of para-hydroxylation sites is 2. The minimum Gasteiger partial charge on any atom is -0.457 e. The average molecular weight is 524 g/mol. The quantitative estimate of drug-likeness (QED) is 0.292. The molecule has 1 aliphatic heterocycles. The summed E-state index contributed by atoms with van der Waals surface area (Å²) in [5.41, 5.74) is 1.88. The van der Waals surface area contributed by atoms with Gasteiger partial charge < -0.3 is 15.0 Å². The lowest BCUT2D eigenvalue weighted by atomic mass is 10.1. The normalized spacial score (nSPS) is 13.1. The van der Waals surface area contributed by atoms with Crippen LogP contribution in [0.4, 0.5) is 17.1 Å². The minimum atomic E-state index is -0.646. The summed E-state index contributed by atoms with van der Waals surface area (Å²) in [6.45, 7) is 0. The number of rotatable bonds is 7. The summed E-state index contributed by atoms with van der Waals surface area (Å²) in [5, 5.41) is 2.69. The number of carbonyl (C=O) groups is 3. The van der Waals surface area contributed by atoms with Gasteiger partial charge in [-0.3, -0.25) is 14.4 Å². The number of anilines is 3. The van der Waals surface area contributed by atoms with E-state index in [9.17, 15) is 14.4 Å². The molecule has 188 valence electrons. The topological polar surface area (TPSA) is 79.0 Å². The molecule has 0 radical (unpaired) electrons. The van der Waals surface area contributed by atoms with Gasteiger partial charge in [0.15, 0.2) is 0 Å². The van der Waals surface area contributed by atoms with Gasteiger partial charge in [-0.2, -0.15) is 0 Å². The van der Waals surface area contributed by atoms with E-state index in [4.69, 9.17) is 16.3 Å². The summed E-state index contributed by atoms with van der Waals surface area (Å²) < 4.78 is 5.78. The van der Waals surface area contributed by atoms with Crippen LogP contribution in [0.3, 0.4) is 0 Å². The highest BCUT2D eigenvalue weighted by Crippen LogP contribution is 2.32. The molecule has 0 atom stereocenters. The first kappa shape index (κ1) is 24.8. The van der Waals surface area contributed by atoms with Crippen molar-refractivity contribution in [3.05, 3.63) is 125 Å². The second-order valence-electron chi connectivity index (χ2n) is 8.45. The van der Waals surface area contributed by atoms with Crippen molar-refractivity contribution in [2.24, 2.45) is 0 Å². The molecule has 1 N–H and O–H groups in total. The van der Waals surface area contributed by atoms with E-state index in [0.29, 0.717) is 28.4 Å². The van der Waals surface area contributed by atoms with Gasteiger partial charge in [-0.1, -0.05) is 54.1 Å². The zero-order valence-corrected chi connectivity index (χ0v) is 21.1. The number of halogens is 1. The monoisotopic (exact) mass is 523 g/mol. The third-order valence-electron chi connectivity index (χ3n) is 5.93. The van der Waals surface area contributed by atoms with E-state index in [2.05, 4.69) is 5.32 Å². The van der Waals surface area contributed by atoms with Crippen LogP contribution in [-0.2, 0) is 9.59 Å². The number of amides is 3. The first-order valence-electron chi connectivity index (χ1n) is 11.7. The zero-order chi connectivity index (χ0) is 26.6. The molecule has 1 heterocycles. The van der Waals surface area contributed by atoms with Crippen molar-refractivity contribution in [3.8, 4) is 11.5 Å². The van der Waals surface area contributed by atoms with E-state index in [1.165, 1.54) is 4.90 Å². The van der Waals surface area contributed by atoms with Crippen molar-refractivity contribution >= 4 is 46.4 Å². The van der Waals surface area contributed by atoms with Crippen LogP contribution in [-0.4, -0.2) is 24.8 Å². The summed E-state index contributed by atoms with van der Waals surface area (Å²) in [7, 11) is 1.68. The lowest BCUT2D eigenvalue weighted by Gasteiger charge is -2.18. The van der Waals surface area contributed by atoms with Gasteiger partial charge in [0, 0.05) is 24.0 Å². The zero-order valence-electron chi connectivity index (χ0n) is 20.3. The molecule has 3 amide bonds. The number of carbonyl (C=O) groups excluding carboxylic acids is 3.